The van der Waals surface area contributed by atoms with Crippen LogP contribution < -0.4 is 10.5 Å². The zero-order chi connectivity index (χ0) is 15.7. The molecule has 2 N–H and O–H groups in total. The molecule has 12 heteroatoms. The second-order valence-electron chi connectivity index (χ2n) is 3.40. The molecule has 0 unspecified atom stereocenters. The van der Waals surface area contributed by atoms with E-state index in [1.165, 1.54) is 0 Å². The number of pyridine rings is 1. The van der Waals surface area contributed by atoms with Crippen LogP contribution in [-0.2, 0) is 0 Å². The Hall–Kier alpha value is -2.27. The van der Waals surface area contributed by atoms with Crippen LogP contribution in [0.25, 0.3) is 0 Å². The van der Waals surface area contributed by atoms with Crippen LogP contribution in [-0.4, -0.2) is 28.4 Å². The van der Waals surface area contributed by atoms with Crippen LogP contribution in [0.1, 0.15) is 0 Å². The quantitative estimate of drug-likeness (QED) is 0.526. The van der Waals surface area contributed by atoms with Crippen LogP contribution in [0.4, 0.5) is 37.8 Å². The van der Waals surface area contributed by atoms with Gasteiger partial charge in [0, 0.05) is 6.07 Å². The number of rotatable bonds is 3. The highest BCUT2D eigenvalue weighted by atomic mass is 19.4. The van der Waals surface area contributed by atoms with Crippen molar-refractivity contribution in [2.24, 2.45) is 0 Å². The van der Waals surface area contributed by atoms with Crippen LogP contribution in [0.5, 0.6) is 5.88 Å². The zero-order valence-corrected chi connectivity index (χ0v) is 9.20. The highest BCUT2D eigenvalue weighted by molar-refractivity contribution is 5.47. The molecule has 6 nitrogen and oxygen atoms in total. The highest BCUT2D eigenvalue weighted by Crippen LogP contribution is 2.38. The van der Waals surface area contributed by atoms with Crippen LogP contribution in [0.15, 0.2) is 12.1 Å². The predicted molar refractivity (Wildman–Crippen MR) is 51.8 cm³/mol. The van der Waals surface area contributed by atoms with E-state index in [0.29, 0.717) is 6.07 Å². The summed E-state index contributed by atoms with van der Waals surface area (Å²) in [4.78, 5) is 12.2. The van der Waals surface area contributed by atoms with Crippen molar-refractivity contribution in [3.05, 3.63) is 22.2 Å². The van der Waals surface area contributed by atoms with Gasteiger partial charge in [0.15, 0.2) is 0 Å². The van der Waals surface area contributed by atoms with Crippen molar-refractivity contribution in [2.75, 3.05) is 5.73 Å². The second-order valence-corrected chi connectivity index (χ2v) is 3.40. The molecular formula is C8H5F6N3O3. The molecule has 0 aliphatic carbocycles. The molecule has 0 spiro atoms. The summed E-state index contributed by atoms with van der Waals surface area (Å²) < 4.78 is 77.2. The van der Waals surface area contributed by atoms with Crippen molar-refractivity contribution in [1.82, 2.24) is 4.98 Å². The molecule has 20 heavy (non-hydrogen) atoms. The molecule has 0 fully saturated rings. The number of ether oxygens (including phenoxy) is 1. The number of nitrogens with zero attached hydrogens (tertiary/aromatic N) is 2. The molecule has 0 atom stereocenters. The largest absolute Gasteiger partial charge is 0.450 e. The summed E-state index contributed by atoms with van der Waals surface area (Å²) in [6.45, 7) is 0. The molecule has 0 amide bonds. The minimum absolute atomic E-state index is 0.534. The average Bonchev–Trinajstić information content (AvgIpc) is 2.22. The summed E-state index contributed by atoms with van der Waals surface area (Å²) in [6, 6.07) is 1.42. The molecule has 0 saturated heterocycles. The summed E-state index contributed by atoms with van der Waals surface area (Å²) in [5.74, 6) is -2.00. The van der Waals surface area contributed by atoms with E-state index in [0.717, 1.165) is 6.07 Å². The van der Waals surface area contributed by atoms with Crippen LogP contribution >= 0.6 is 0 Å². The Morgan fingerprint density at radius 2 is 1.70 bits per heavy atom. The molecule has 1 aromatic heterocycles. The third-order valence-electron chi connectivity index (χ3n) is 1.88. The molecule has 1 rings (SSSR count). The first kappa shape index (κ1) is 15.8. The van der Waals surface area contributed by atoms with Crippen molar-refractivity contribution >= 4 is 11.5 Å². The van der Waals surface area contributed by atoms with E-state index in [2.05, 4.69) is 9.72 Å². The summed E-state index contributed by atoms with van der Waals surface area (Å²) in [7, 11) is 0. The minimum atomic E-state index is -5.82. The molecule has 0 aliphatic heterocycles. The van der Waals surface area contributed by atoms with Gasteiger partial charge in [-0.2, -0.15) is 31.3 Å². The number of halogens is 6. The van der Waals surface area contributed by atoms with Crippen molar-refractivity contribution in [1.29, 1.82) is 0 Å². The van der Waals surface area contributed by atoms with E-state index in [1.807, 2.05) is 0 Å². The first-order chi connectivity index (χ1) is 8.93. The van der Waals surface area contributed by atoms with Gasteiger partial charge in [0.1, 0.15) is 5.82 Å². The third kappa shape index (κ3) is 3.61. The number of nitrogen functional groups attached to an aromatic ring is 1. The maximum absolute atomic E-state index is 12.3. The lowest BCUT2D eigenvalue weighted by atomic mass is 10.3. The van der Waals surface area contributed by atoms with Gasteiger partial charge >= 0.3 is 18.0 Å². The topological polar surface area (TPSA) is 91.3 Å². The number of hydrogen-bond acceptors (Lipinski definition) is 5. The summed E-state index contributed by atoms with van der Waals surface area (Å²) in [6.07, 6.45) is -15.9. The molecule has 112 valence electrons. The van der Waals surface area contributed by atoms with E-state index in [-0.39, 0.29) is 0 Å². The van der Waals surface area contributed by atoms with Crippen LogP contribution in [0.2, 0.25) is 0 Å². The number of nitro groups is 1. The van der Waals surface area contributed by atoms with Crippen LogP contribution in [0, 0.1) is 10.1 Å². The molecule has 0 aromatic carbocycles. The van der Waals surface area contributed by atoms with Gasteiger partial charge in [0.25, 0.3) is 12.0 Å². The maximum atomic E-state index is 12.3. The fourth-order valence-electron chi connectivity index (χ4n) is 1.10. The molecule has 0 bridgehead atoms. The second kappa shape index (κ2) is 5.02. The van der Waals surface area contributed by atoms with Crippen molar-refractivity contribution in [3.63, 3.8) is 0 Å². The Labute approximate surface area is 106 Å². The van der Waals surface area contributed by atoms with E-state index >= 15 is 0 Å². The molecule has 0 radical (unpaired) electrons. The van der Waals surface area contributed by atoms with Gasteiger partial charge in [-0.25, -0.2) is 0 Å². The number of anilines is 1. The Balaban J connectivity index is 3.24. The molecule has 0 aliphatic rings. The van der Waals surface area contributed by atoms with Gasteiger partial charge in [-0.15, -0.1) is 0 Å². The lowest BCUT2D eigenvalue weighted by molar-refractivity contribution is -0.387. The Morgan fingerprint density at radius 3 is 2.10 bits per heavy atom. The molecule has 1 heterocycles. The monoisotopic (exact) mass is 305 g/mol. The lowest BCUT2D eigenvalue weighted by Gasteiger charge is -2.23. The predicted octanol–water partition coefficient (Wildman–Crippen LogP) is 2.44. The minimum Gasteiger partial charge on any atom is -0.450 e. The van der Waals surface area contributed by atoms with Gasteiger partial charge in [-0.3, -0.25) is 10.1 Å². The Bertz CT molecular complexity index is 501. The normalized spacial score (nSPS) is 12.6. The van der Waals surface area contributed by atoms with Gasteiger partial charge in [-0.1, -0.05) is 0 Å². The third-order valence-corrected chi connectivity index (χ3v) is 1.88. The number of hydrogen-bond donors (Lipinski definition) is 1. The first-order valence-electron chi connectivity index (χ1n) is 4.64. The summed E-state index contributed by atoms with van der Waals surface area (Å²) in [5, 5.41) is 10.5. The highest BCUT2D eigenvalue weighted by Gasteiger charge is 2.59. The van der Waals surface area contributed by atoms with Gasteiger partial charge < -0.3 is 10.5 Å². The number of aromatic nitrogens is 1. The Morgan fingerprint density at radius 1 is 1.20 bits per heavy atom. The lowest BCUT2D eigenvalue weighted by Crippen LogP contribution is -2.46. The SMILES string of the molecule is Nc1ccc([N+](=O)[O-])c(OC(C(F)(F)F)C(F)(F)F)n1. The first-order valence-corrected chi connectivity index (χ1v) is 4.64. The maximum Gasteiger partial charge on any atom is 0.434 e. The summed E-state index contributed by atoms with van der Waals surface area (Å²) in [5.41, 5.74) is 3.88. The van der Waals surface area contributed by atoms with Crippen LogP contribution in [0.3, 0.4) is 0 Å². The fraction of sp³-hybridized carbons (Fsp3) is 0.375. The fourth-order valence-corrected chi connectivity index (χ4v) is 1.10. The van der Waals surface area contributed by atoms with Crippen molar-refractivity contribution < 1.29 is 36.0 Å². The van der Waals surface area contributed by atoms with Crippen molar-refractivity contribution in [3.8, 4) is 5.88 Å². The Kier molecular flexibility index (Phi) is 3.96. The van der Waals surface area contributed by atoms with Gasteiger partial charge in [-0.05, 0) is 6.07 Å². The van der Waals surface area contributed by atoms with Crippen molar-refractivity contribution in [2.45, 2.75) is 18.5 Å². The summed E-state index contributed by atoms with van der Waals surface area (Å²) >= 11 is 0. The molecule has 0 saturated carbocycles. The number of alkyl halides is 6. The zero-order valence-electron chi connectivity index (χ0n) is 9.20. The van der Waals surface area contributed by atoms with E-state index < -0.39 is 40.8 Å². The molecular weight excluding hydrogens is 300 g/mol. The number of nitrogens with two attached hydrogens (primary N) is 1. The smallest absolute Gasteiger partial charge is 0.434 e. The van der Waals surface area contributed by atoms with Gasteiger partial charge in [0.2, 0.25) is 0 Å². The average molecular weight is 305 g/mol. The van der Waals surface area contributed by atoms with E-state index in [1.54, 1.807) is 0 Å². The van der Waals surface area contributed by atoms with Gasteiger partial charge in [0.05, 0.1) is 4.92 Å². The molecule has 1 aromatic rings. The van der Waals surface area contributed by atoms with E-state index in [9.17, 15) is 36.5 Å². The standard InChI is InChI=1S/C8H5F6N3O3/c9-7(10,11)6(8(12,13)14)20-5-3(17(18)19)1-2-4(15)16-5/h1-2,6H,(H2,15,16). The van der Waals surface area contributed by atoms with E-state index in [4.69, 9.17) is 5.73 Å².